The van der Waals surface area contributed by atoms with Gasteiger partial charge in [0.2, 0.25) is 0 Å². The van der Waals surface area contributed by atoms with Gasteiger partial charge in [0, 0.05) is 12.1 Å². The van der Waals surface area contributed by atoms with Gasteiger partial charge in [-0.3, -0.25) is 14.2 Å². The van der Waals surface area contributed by atoms with Crippen LogP contribution in [0.5, 0.6) is 0 Å². The zero-order chi connectivity index (χ0) is 19.7. The second kappa shape index (κ2) is 7.76. The predicted molar refractivity (Wildman–Crippen MR) is 114 cm³/mol. The minimum Gasteiger partial charge on any atom is -0.293 e. The lowest BCUT2D eigenvalue weighted by atomic mass is 10.0. The second-order valence-electron chi connectivity index (χ2n) is 7.08. The van der Waals surface area contributed by atoms with Crippen molar-refractivity contribution in [3.63, 3.8) is 0 Å². The molecule has 1 aliphatic rings. The van der Waals surface area contributed by atoms with Gasteiger partial charge in [0.05, 0.1) is 16.2 Å². The van der Waals surface area contributed by atoms with Crippen LogP contribution in [-0.4, -0.2) is 20.6 Å². The number of aryl methyl sites for hydroxylation is 2. The molecule has 0 radical (unpaired) electrons. The standard InChI is InChI=1S/C23H22N2O2S/c1-3-13-25-22(27)19-9-4-5-10-20(19)24-23(25)28-15(2)21(26)18-12-11-16-7-6-8-17(16)14-18/h3-5,9-12,14-15H,1,6-8,13H2,2H3. The van der Waals surface area contributed by atoms with Crippen LogP contribution in [-0.2, 0) is 19.4 Å². The molecular formula is C23H22N2O2S. The number of benzene rings is 2. The van der Waals surface area contributed by atoms with Gasteiger partial charge in [-0.1, -0.05) is 42.1 Å². The van der Waals surface area contributed by atoms with Crippen LogP contribution in [0.15, 0.2) is 65.1 Å². The number of Topliss-reactive ketones (excluding diaryl/α,β-unsaturated/α-hetero) is 1. The Kier molecular flexibility index (Phi) is 5.18. The van der Waals surface area contributed by atoms with Crippen LogP contribution >= 0.6 is 11.8 Å². The van der Waals surface area contributed by atoms with E-state index in [9.17, 15) is 9.59 Å². The van der Waals surface area contributed by atoms with Gasteiger partial charge < -0.3 is 0 Å². The number of para-hydroxylation sites is 1. The van der Waals surface area contributed by atoms with Gasteiger partial charge in [0.1, 0.15) is 0 Å². The summed E-state index contributed by atoms with van der Waals surface area (Å²) in [4.78, 5) is 30.5. The number of nitrogens with zero attached hydrogens (tertiary/aromatic N) is 2. The Balaban J connectivity index is 1.67. The van der Waals surface area contributed by atoms with Gasteiger partial charge in [-0.15, -0.1) is 6.58 Å². The summed E-state index contributed by atoms with van der Waals surface area (Å²) in [5.74, 6) is 0.0623. The lowest BCUT2D eigenvalue weighted by molar-refractivity contribution is 0.0993. The fourth-order valence-corrected chi connectivity index (χ4v) is 4.69. The third-order valence-electron chi connectivity index (χ3n) is 5.17. The number of hydrogen-bond acceptors (Lipinski definition) is 4. The average Bonchev–Trinajstić information content (AvgIpc) is 3.18. The molecule has 4 nitrogen and oxygen atoms in total. The van der Waals surface area contributed by atoms with E-state index in [0.717, 1.165) is 24.8 Å². The molecule has 1 heterocycles. The second-order valence-corrected chi connectivity index (χ2v) is 8.39. The fraction of sp³-hybridized carbons (Fsp3) is 0.261. The number of carbonyl (C=O) groups is 1. The first-order chi connectivity index (χ1) is 13.6. The van der Waals surface area contributed by atoms with E-state index in [1.54, 1.807) is 16.7 Å². The molecular weight excluding hydrogens is 368 g/mol. The number of allylic oxidation sites excluding steroid dienone is 1. The van der Waals surface area contributed by atoms with E-state index in [2.05, 4.69) is 17.6 Å². The molecule has 0 saturated carbocycles. The minimum absolute atomic E-state index is 0.0623. The van der Waals surface area contributed by atoms with Gasteiger partial charge in [-0.05, 0) is 55.5 Å². The van der Waals surface area contributed by atoms with Gasteiger partial charge in [-0.25, -0.2) is 4.98 Å². The third kappa shape index (κ3) is 3.42. The zero-order valence-corrected chi connectivity index (χ0v) is 16.7. The zero-order valence-electron chi connectivity index (χ0n) is 15.9. The monoisotopic (exact) mass is 390 g/mol. The first kappa shape index (κ1) is 18.7. The maximum atomic E-state index is 13.0. The molecule has 0 bridgehead atoms. The van der Waals surface area contributed by atoms with Crippen LogP contribution in [0.3, 0.4) is 0 Å². The highest BCUT2D eigenvalue weighted by atomic mass is 32.2. The number of carbonyl (C=O) groups excluding carboxylic acids is 1. The maximum Gasteiger partial charge on any atom is 0.262 e. The first-order valence-electron chi connectivity index (χ1n) is 9.51. The van der Waals surface area contributed by atoms with Crippen molar-refractivity contribution in [1.82, 2.24) is 9.55 Å². The Morgan fingerprint density at radius 1 is 1.25 bits per heavy atom. The average molecular weight is 391 g/mol. The molecule has 0 fully saturated rings. The van der Waals surface area contributed by atoms with Crippen molar-refractivity contribution >= 4 is 28.4 Å². The van der Waals surface area contributed by atoms with Crippen LogP contribution in [0.1, 0.15) is 34.8 Å². The smallest absolute Gasteiger partial charge is 0.262 e. The van der Waals surface area contributed by atoms with Crippen LogP contribution in [0, 0.1) is 0 Å². The van der Waals surface area contributed by atoms with Crippen LogP contribution in [0.25, 0.3) is 10.9 Å². The molecule has 5 heteroatoms. The topological polar surface area (TPSA) is 52.0 Å². The normalized spacial score (nSPS) is 14.0. The molecule has 1 atom stereocenters. The highest BCUT2D eigenvalue weighted by molar-refractivity contribution is 8.00. The van der Waals surface area contributed by atoms with Crippen molar-refractivity contribution in [2.75, 3.05) is 0 Å². The van der Waals surface area contributed by atoms with Crippen molar-refractivity contribution in [3.8, 4) is 0 Å². The molecule has 2 aromatic carbocycles. The Bertz CT molecular complexity index is 1130. The molecule has 0 saturated heterocycles. The van der Waals surface area contributed by atoms with Crippen LogP contribution in [0.4, 0.5) is 0 Å². The molecule has 1 unspecified atom stereocenters. The third-order valence-corrected chi connectivity index (χ3v) is 6.26. The van der Waals surface area contributed by atoms with Crippen molar-refractivity contribution in [2.45, 2.75) is 43.1 Å². The van der Waals surface area contributed by atoms with Gasteiger partial charge >= 0.3 is 0 Å². The van der Waals surface area contributed by atoms with Gasteiger partial charge in [-0.2, -0.15) is 0 Å². The number of thioether (sulfide) groups is 1. The molecule has 1 aromatic heterocycles. The summed E-state index contributed by atoms with van der Waals surface area (Å²) in [6, 6.07) is 13.3. The fourth-order valence-electron chi connectivity index (χ4n) is 3.70. The SMILES string of the molecule is C=CCn1c(SC(C)C(=O)c2ccc3c(c2)CCC3)nc2ccccc2c1=O. The largest absolute Gasteiger partial charge is 0.293 e. The van der Waals surface area contributed by atoms with E-state index in [-0.39, 0.29) is 16.6 Å². The molecule has 0 N–H and O–H groups in total. The highest BCUT2D eigenvalue weighted by Crippen LogP contribution is 2.28. The Morgan fingerprint density at radius 2 is 2.04 bits per heavy atom. The maximum absolute atomic E-state index is 13.0. The van der Waals surface area contributed by atoms with Crippen molar-refractivity contribution in [1.29, 1.82) is 0 Å². The Morgan fingerprint density at radius 3 is 2.86 bits per heavy atom. The lowest BCUT2D eigenvalue weighted by Crippen LogP contribution is -2.24. The molecule has 4 rings (SSSR count). The molecule has 1 aliphatic carbocycles. The number of aromatic nitrogens is 2. The van der Waals surface area contributed by atoms with Crippen molar-refractivity contribution in [3.05, 3.63) is 82.2 Å². The molecule has 142 valence electrons. The Hall–Kier alpha value is -2.66. The number of fused-ring (bicyclic) bond motifs is 2. The molecule has 0 amide bonds. The van der Waals surface area contributed by atoms with E-state index in [1.165, 1.54) is 22.9 Å². The quantitative estimate of drug-likeness (QED) is 0.270. The lowest BCUT2D eigenvalue weighted by Gasteiger charge is -2.15. The summed E-state index contributed by atoms with van der Waals surface area (Å²) in [6.07, 6.45) is 4.98. The summed E-state index contributed by atoms with van der Waals surface area (Å²) < 4.78 is 1.59. The Labute approximate surface area is 168 Å². The predicted octanol–water partition coefficient (Wildman–Crippen LogP) is 4.43. The van der Waals surface area contributed by atoms with Crippen molar-refractivity contribution < 1.29 is 4.79 Å². The minimum atomic E-state index is -0.344. The summed E-state index contributed by atoms with van der Waals surface area (Å²) in [6.45, 7) is 5.98. The van der Waals surface area contributed by atoms with Gasteiger partial charge in [0.25, 0.3) is 5.56 Å². The molecule has 0 spiro atoms. The van der Waals surface area contributed by atoms with E-state index in [1.807, 2.05) is 37.3 Å². The van der Waals surface area contributed by atoms with E-state index in [0.29, 0.717) is 22.6 Å². The van der Waals surface area contributed by atoms with Crippen LogP contribution < -0.4 is 5.56 Å². The van der Waals surface area contributed by atoms with Gasteiger partial charge in [0.15, 0.2) is 10.9 Å². The van der Waals surface area contributed by atoms with Crippen molar-refractivity contribution in [2.24, 2.45) is 0 Å². The van der Waals surface area contributed by atoms with E-state index >= 15 is 0 Å². The molecule has 3 aromatic rings. The summed E-state index contributed by atoms with van der Waals surface area (Å²) in [7, 11) is 0. The molecule has 0 aliphatic heterocycles. The highest BCUT2D eigenvalue weighted by Gasteiger charge is 2.22. The summed E-state index contributed by atoms with van der Waals surface area (Å²) in [5.41, 5.74) is 3.92. The van der Waals surface area contributed by atoms with E-state index in [4.69, 9.17) is 0 Å². The number of hydrogen-bond donors (Lipinski definition) is 0. The molecule has 28 heavy (non-hydrogen) atoms. The number of ketones is 1. The number of rotatable bonds is 6. The van der Waals surface area contributed by atoms with Crippen LogP contribution in [0.2, 0.25) is 0 Å². The summed E-state index contributed by atoms with van der Waals surface area (Å²) >= 11 is 1.33. The van der Waals surface area contributed by atoms with E-state index < -0.39 is 0 Å². The first-order valence-corrected chi connectivity index (χ1v) is 10.4. The summed E-state index contributed by atoms with van der Waals surface area (Å²) in [5, 5.41) is 0.778.